The third-order valence-corrected chi connectivity index (χ3v) is 2.03. The van der Waals surface area contributed by atoms with Crippen LogP contribution in [0, 0.1) is 5.92 Å². The Labute approximate surface area is 100 Å². The van der Waals surface area contributed by atoms with Gasteiger partial charge in [0.25, 0.3) is 5.91 Å². The third-order valence-electron chi connectivity index (χ3n) is 2.03. The number of amides is 1. The number of nitrogens with zero attached hydrogens (tertiary/aromatic N) is 1. The zero-order chi connectivity index (χ0) is 12.7. The molecule has 0 atom stereocenters. The number of hydrogen-bond donors (Lipinski definition) is 1. The number of rotatable bonds is 5. The molecule has 0 bridgehead atoms. The predicted octanol–water partition coefficient (Wildman–Crippen LogP) is 1.01. The van der Waals surface area contributed by atoms with Gasteiger partial charge in [0.15, 0.2) is 0 Å². The largest absolute Gasteiger partial charge is 0.464 e. The zero-order valence-electron chi connectivity index (χ0n) is 9.97. The Morgan fingerprint density at radius 2 is 2.24 bits per heavy atom. The second-order valence-electron chi connectivity index (χ2n) is 3.82. The Hall–Kier alpha value is -1.91. The number of nitrogens with one attached hydrogen (secondary N) is 1. The Bertz CT molecular complexity index is 377. The summed E-state index contributed by atoms with van der Waals surface area (Å²) in [5, 5.41) is 2.64. The van der Waals surface area contributed by atoms with E-state index in [1.54, 1.807) is 32.2 Å². The summed E-state index contributed by atoms with van der Waals surface area (Å²) in [5.74, 6) is -0.636. The first-order chi connectivity index (χ1) is 8.11. The summed E-state index contributed by atoms with van der Waals surface area (Å²) in [6.45, 7) is 4.00. The van der Waals surface area contributed by atoms with E-state index in [1.165, 1.54) is 6.20 Å². The molecule has 0 unspecified atom stereocenters. The molecule has 0 saturated heterocycles. The Kier molecular flexibility index (Phi) is 5.13. The van der Waals surface area contributed by atoms with Gasteiger partial charge in [-0.3, -0.25) is 14.6 Å². The minimum absolute atomic E-state index is 0.149. The summed E-state index contributed by atoms with van der Waals surface area (Å²) >= 11 is 0. The molecule has 1 aromatic rings. The van der Waals surface area contributed by atoms with Crippen LogP contribution in [0.3, 0.4) is 0 Å². The molecule has 0 spiro atoms. The second-order valence-corrected chi connectivity index (χ2v) is 3.82. The van der Waals surface area contributed by atoms with Crippen LogP contribution in [0.15, 0.2) is 24.5 Å². The molecule has 17 heavy (non-hydrogen) atoms. The van der Waals surface area contributed by atoms with Crippen LogP contribution in [0.2, 0.25) is 0 Å². The van der Waals surface area contributed by atoms with E-state index in [9.17, 15) is 9.59 Å². The van der Waals surface area contributed by atoms with Crippen LogP contribution >= 0.6 is 0 Å². The number of pyridine rings is 1. The van der Waals surface area contributed by atoms with Crippen LogP contribution in [0.5, 0.6) is 0 Å². The summed E-state index contributed by atoms with van der Waals surface area (Å²) in [6, 6.07) is 3.36. The van der Waals surface area contributed by atoms with Crippen molar-refractivity contribution in [3.63, 3.8) is 0 Å². The highest BCUT2D eigenvalue weighted by atomic mass is 16.5. The molecule has 0 aromatic carbocycles. The molecule has 1 rings (SSSR count). The Morgan fingerprint density at radius 1 is 1.47 bits per heavy atom. The number of carbonyl (C=O) groups is 2. The molecule has 0 aliphatic rings. The highest BCUT2D eigenvalue weighted by Crippen LogP contribution is 1.96. The van der Waals surface area contributed by atoms with Crippen molar-refractivity contribution >= 4 is 11.9 Å². The van der Waals surface area contributed by atoms with Crippen molar-refractivity contribution < 1.29 is 14.3 Å². The van der Waals surface area contributed by atoms with E-state index < -0.39 is 0 Å². The standard InChI is InChI=1S/C12H16N2O3/c1-9(2)12(16)17-7-6-14-11(15)10-4-3-5-13-8-10/h3-5,8-9H,6-7H2,1-2H3,(H,14,15). The van der Waals surface area contributed by atoms with Crippen molar-refractivity contribution in [3.05, 3.63) is 30.1 Å². The monoisotopic (exact) mass is 236 g/mol. The van der Waals surface area contributed by atoms with Gasteiger partial charge in [0.05, 0.1) is 18.0 Å². The molecule has 1 N–H and O–H groups in total. The molecular formula is C12H16N2O3. The number of esters is 1. The first kappa shape index (κ1) is 13.2. The molecule has 1 heterocycles. The van der Waals surface area contributed by atoms with Gasteiger partial charge < -0.3 is 10.1 Å². The molecule has 5 heteroatoms. The number of aromatic nitrogens is 1. The summed E-state index contributed by atoms with van der Waals surface area (Å²) in [7, 11) is 0. The van der Waals surface area contributed by atoms with Crippen molar-refractivity contribution in [1.82, 2.24) is 10.3 Å². The fourth-order valence-corrected chi connectivity index (χ4v) is 1.08. The maximum Gasteiger partial charge on any atom is 0.308 e. The molecular weight excluding hydrogens is 220 g/mol. The van der Waals surface area contributed by atoms with Gasteiger partial charge in [-0.1, -0.05) is 13.8 Å². The first-order valence-corrected chi connectivity index (χ1v) is 5.46. The average molecular weight is 236 g/mol. The molecule has 0 aliphatic carbocycles. The van der Waals surface area contributed by atoms with Gasteiger partial charge in [-0.15, -0.1) is 0 Å². The first-order valence-electron chi connectivity index (χ1n) is 5.46. The van der Waals surface area contributed by atoms with E-state index in [0.29, 0.717) is 12.1 Å². The fraction of sp³-hybridized carbons (Fsp3) is 0.417. The molecule has 92 valence electrons. The van der Waals surface area contributed by atoms with Crippen LogP contribution < -0.4 is 5.32 Å². The minimum atomic E-state index is -0.263. The van der Waals surface area contributed by atoms with Crippen molar-refractivity contribution in [3.8, 4) is 0 Å². The lowest BCUT2D eigenvalue weighted by atomic mass is 10.2. The number of carbonyl (C=O) groups excluding carboxylic acids is 2. The maximum atomic E-state index is 11.5. The Morgan fingerprint density at radius 3 is 2.82 bits per heavy atom. The predicted molar refractivity (Wildman–Crippen MR) is 62.4 cm³/mol. The summed E-state index contributed by atoms with van der Waals surface area (Å²) in [6.07, 6.45) is 3.08. The SMILES string of the molecule is CC(C)C(=O)OCCNC(=O)c1cccnc1. The van der Waals surface area contributed by atoms with Gasteiger partial charge in [-0.05, 0) is 12.1 Å². The van der Waals surface area contributed by atoms with Gasteiger partial charge in [0, 0.05) is 12.4 Å². The van der Waals surface area contributed by atoms with Crippen molar-refractivity contribution in [2.75, 3.05) is 13.2 Å². The van der Waals surface area contributed by atoms with E-state index in [1.807, 2.05) is 0 Å². The van der Waals surface area contributed by atoms with Crippen molar-refractivity contribution in [1.29, 1.82) is 0 Å². The quantitative estimate of drug-likeness (QED) is 0.612. The second kappa shape index (κ2) is 6.62. The lowest BCUT2D eigenvalue weighted by molar-refractivity contribution is -0.147. The number of ether oxygens (including phenoxy) is 1. The normalized spacial score (nSPS) is 10.1. The number of hydrogen-bond acceptors (Lipinski definition) is 4. The summed E-state index contributed by atoms with van der Waals surface area (Å²) in [5.41, 5.74) is 0.489. The van der Waals surface area contributed by atoms with Crippen LogP contribution in [-0.4, -0.2) is 30.0 Å². The van der Waals surface area contributed by atoms with Crippen LogP contribution in [-0.2, 0) is 9.53 Å². The van der Waals surface area contributed by atoms with Gasteiger partial charge in [-0.25, -0.2) is 0 Å². The Balaban J connectivity index is 2.24. The van der Waals surface area contributed by atoms with Gasteiger partial charge in [0.1, 0.15) is 6.61 Å². The van der Waals surface area contributed by atoms with E-state index in [-0.39, 0.29) is 24.4 Å². The zero-order valence-corrected chi connectivity index (χ0v) is 9.97. The summed E-state index contributed by atoms with van der Waals surface area (Å²) < 4.78 is 4.92. The van der Waals surface area contributed by atoms with Gasteiger partial charge >= 0.3 is 5.97 Å². The van der Waals surface area contributed by atoms with E-state index in [0.717, 1.165) is 0 Å². The lowest BCUT2D eigenvalue weighted by Gasteiger charge is -2.08. The lowest BCUT2D eigenvalue weighted by Crippen LogP contribution is -2.28. The molecule has 0 aliphatic heterocycles. The van der Waals surface area contributed by atoms with Crippen molar-refractivity contribution in [2.45, 2.75) is 13.8 Å². The summed E-state index contributed by atoms with van der Waals surface area (Å²) in [4.78, 5) is 26.5. The molecule has 5 nitrogen and oxygen atoms in total. The van der Waals surface area contributed by atoms with Gasteiger partial charge in [0.2, 0.25) is 0 Å². The van der Waals surface area contributed by atoms with Crippen LogP contribution in [0.4, 0.5) is 0 Å². The van der Waals surface area contributed by atoms with E-state index in [2.05, 4.69) is 10.3 Å². The topological polar surface area (TPSA) is 68.3 Å². The smallest absolute Gasteiger partial charge is 0.308 e. The highest BCUT2D eigenvalue weighted by Gasteiger charge is 2.08. The maximum absolute atomic E-state index is 11.5. The fourth-order valence-electron chi connectivity index (χ4n) is 1.08. The average Bonchev–Trinajstić information content (AvgIpc) is 2.35. The van der Waals surface area contributed by atoms with Crippen LogP contribution in [0.1, 0.15) is 24.2 Å². The van der Waals surface area contributed by atoms with Gasteiger partial charge in [-0.2, -0.15) is 0 Å². The van der Waals surface area contributed by atoms with Crippen LogP contribution in [0.25, 0.3) is 0 Å². The third kappa shape index (κ3) is 4.63. The molecule has 0 fully saturated rings. The van der Waals surface area contributed by atoms with Crippen molar-refractivity contribution in [2.24, 2.45) is 5.92 Å². The highest BCUT2D eigenvalue weighted by molar-refractivity contribution is 5.93. The molecule has 0 radical (unpaired) electrons. The molecule has 0 saturated carbocycles. The molecule has 1 aromatic heterocycles. The van der Waals surface area contributed by atoms with E-state index in [4.69, 9.17) is 4.74 Å². The van der Waals surface area contributed by atoms with E-state index >= 15 is 0 Å². The minimum Gasteiger partial charge on any atom is -0.464 e. The molecule has 1 amide bonds.